The van der Waals surface area contributed by atoms with Gasteiger partial charge in [-0.3, -0.25) is 4.40 Å². The molecule has 3 rings (SSSR count). The minimum absolute atomic E-state index is 0. The first kappa shape index (κ1) is 18.7. The lowest BCUT2D eigenvalue weighted by Gasteiger charge is -2.10. The quantitative estimate of drug-likeness (QED) is 0.340. The Morgan fingerprint density at radius 1 is 1.21 bits per heavy atom. The van der Waals surface area contributed by atoms with E-state index in [1.165, 1.54) is 4.88 Å². The van der Waals surface area contributed by atoms with Crippen LogP contribution in [0.15, 0.2) is 46.9 Å². The zero-order valence-electron chi connectivity index (χ0n) is 13.5. The van der Waals surface area contributed by atoms with Gasteiger partial charge in [-0.15, -0.1) is 45.5 Å². The van der Waals surface area contributed by atoms with E-state index in [-0.39, 0.29) is 24.0 Å². The number of pyridine rings is 1. The van der Waals surface area contributed by atoms with Crippen molar-refractivity contribution in [2.45, 2.75) is 19.9 Å². The van der Waals surface area contributed by atoms with Gasteiger partial charge in [-0.05, 0) is 30.5 Å². The number of rotatable bonds is 6. The summed E-state index contributed by atoms with van der Waals surface area (Å²) in [5.74, 6) is 1.77. The number of hydrogen-bond acceptors (Lipinski definition) is 4. The second-order valence-corrected chi connectivity index (χ2v) is 6.03. The summed E-state index contributed by atoms with van der Waals surface area (Å²) in [6.07, 6.45) is 2.77. The largest absolute Gasteiger partial charge is 0.357 e. The van der Waals surface area contributed by atoms with Crippen LogP contribution in [0.2, 0.25) is 0 Å². The van der Waals surface area contributed by atoms with Gasteiger partial charge in [0, 0.05) is 30.6 Å². The lowest BCUT2D eigenvalue weighted by atomic mass is 10.4. The molecule has 0 spiro atoms. The third kappa shape index (κ3) is 4.91. The topological polar surface area (TPSA) is 66.6 Å². The predicted molar refractivity (Wildman–Crippen MR) is 109 cm³/mol. The first-order valence-electron chi connectivity index (χ1n) is 7.70. The molecular weight excluding hydrogens is 435 g/mol. The fourth-order valence-corrected chi connectivity index (χ4v) is 2.88. The lowest BCUT2D eigenvalue weighted by molar-refractivity contribution is 0.764. The molecule has 24 heavy (non-hydrogen) atoms. The minimum atomic E-state index is 0. The number of nitrogens with zero attached hydrogens (tertiary/aromatic N) is 4. The first-order valence-corrected chi connectivity index (χ1v) is 8.58. The van der Waals surface area contributed by atoms with Crippen molar-refractivity contribution in [3.63, 3.8) is 0 Å². The zero-order chi connectivity index (χ0) is 15.9. The third-order valence-electron chi connectivity index (χ3n) is 3.34. The molecule has 0 saturated carbocycles. The first-order chi connectivity index (χ1) is 11.4. The zero-order valence-corrected chi connectivity index (χ0v) is 16.6. The summed E-state index contributed by atoms with van der Waals surface area (Å²) in [5, 5.41) is 17.1. The SMILES string of the molecule is CCNC(=NCc1cccs1)NCCc1nnc2ccccn12.I. The molecule has 0 amide bonds. The minimum Gasteiger partial charge on any atom is -0.357 e. The molecule has 0 bridgehead atoms. The Morgan fingerprint density at radius 2 is 2.12 bits per heavy atom. The Kier molecular flexibility index (Phi) is 7.44. The molecule has 3 aromatic rings. The summed E-state index contributed by atoms with van der Waals surface area (Å²) in [6.45, 7) is 4.35. The molecule has 3 aromatic heterocycles. The highest BCUT2D eigenvalue weighted by Gasteiger charge is 2.05. The van der Waals surface area contributed by atoms with Crippen molar-refractivity contribution in [2.24, 2.45) is 4.99 Å². The summed E-state index contributed by atoms with van der Waals surface area (Å²) in [5.41, 5.74) is 0.876. The number of aliphatic imine (C=N–C) groups is 1. The number of hydrogen-bond donors (Lipinski definition) is 2. The molecule has 3 heterocycles. The number of thiophene rings is 1. The van der Waals surface area contributed by atoms with Gasteiger partial charge < -0.3 is 10.6 Å². The van der Waals surface area contributed by atoms with E-state index in [9.17, 15) is 0 Å². The monoisotopic (exact) mass is 456 g/mol. The van der Waals surface area contributed by atoms with Crippen molar-refractivity contribution in [3.8, 4) is 0 Å². The maximum absolute atomic E-state index is 4.60. The highest BCUT2D eigenvalue weighted by Crippen LogP contribution is 2.09. The van der Waals surface area contributed by atoms with Gasteiger partial charge in [0.15, 0.2) is 11.6 Å². The van der Waals surface area contributed by atoms with E-state index in [1.54, 1.807) is 11.3 Å². The average Bonchev–Trinajstić information content (AvgIpc) is 3.22. The van der Waals surface area contributed by atoms with Crippen LogP contribution in [0, 0.1) is 0 Å². The van der Waals surface area contributed by atoms with Gasteiger partial charge in [0.25, 0.3) is 0 Å². The second kappa shape index (κ2) is 9.58. The van der Waals surface area contributed by atoms with E-state index >= 15 is 0 Å². The average molecular weight is 456 g/mol. The molecule has 2 N–H and O–H groups in total. The summed E-state index contributed by atoms with van der Waals surface area (Å²) < 4.78 is 2.01. The van der Waals surface area contributed by atoms with Crippen LogP contribution in [0.3, 0.4) is 0 Å². The van der Waals surface area contributed by atoms with Crippen LogP contribution in [0.5, 0.6) is 0 Å². The molecule has 0 aliphatic rings. The number of guanidine groups is 1. The molecule has 0 saturated heterocycles. The number of aromatic nitrogens is 3. The van der Waals surface area contributed by atoms with Crippen molar-refractivity contribution < 1.29 is 0 Å². The van der Waals surface area contributed by atoms with Crippen molar-refractivity contribution in [1.29, 1.82) is 0 Å². The van der Waals surface area contributed by atoms with Crippen LogP contribution < -0.4 is 10.6 Å². The second-order valence-electron chi connectivity index (χ2n) is 5.00. The molecule has 8 heteroatoms. The van der Waals surface area contributed by atoms with Gasteiger partial charge in [0.2, 0.25) is 0 Å². The number of nitrogens with one attached hydrogen (secondary N) is 2. The Morgan fingerprint density at radius 3 is 2.92 bits per heavy atom. The van der Waals surface area contributed by atoms with Crippen molar-refractivity contribution in [2.75, 3.05) is 13.1 Å². The molecule has 0 aromatic carbocycles. The fraction of sp³-hybridized carbons (Fsp3) is 0.312. The van der Waals surface area contributed by atoms with Crippen molar-refractivity contribution >= 4 is 46.9 Å². The smallest absolute Gasteiger partial charge is 0.191 e. The van der Waals surface area contributed by atoms with E-state index in [1.807, 2.05) is 34.9 Å². The van der Waals surface area contributed by atoms with Crippen LogP contribution in [0.4, 0.5) is 0 Å². The van der Waals surface area contributed by atoms with Crippen LogP contribution in [-0.2, 0) is 13.0 Å². The van der Waals surface area contributed by atoms with Gasteiger partial charge in [0.1, 0.15) is 5.82 Å². The third-order valence-corrected chi connectivity index (χ3v) is 4.20. The summed E-state index contributed by atoms with van der Waals surface area (Å²) >= 11 is 1.72. The van der Waals surface area contributed by atoms with Gasteiger partial charge in [-0.2, -0.15) is 0 Å². The molecule has 0 atom stereocenters. The number of fused-ring (bicyclic) bond motifs is 1. The molecule has 0 unspecified atom stereocenters. The highest BCUT2D eigenvalue weighted by molar-refractivity contribution is 14.0. The molecule has 0 radical (unpaired) electrons. The fourth-order valence-electron chi connectivity index (χ4n) is 2.26. The summed E-state index contributed by atoms with van der Waals surface area (Å²) in [6, 6.07) is 10.1. The van der Waals surface area contributed by atoms with Gasteiger partial charge in [0.05, 0.1) is 6.54 Å². The summed E-state index contributed by atoms with van der Waals surface area (Å²) in [4.78, 5) is 5.85. The molecule has 0 aliphatic carbocycles. The number of halogens is 1. The van der Waals surface area contributed by atoms with Crippen LogP contribution in [0.25, 0.3) is 5.65 Å². The van der Waals surface area contributed by atoms with Crippen molar-refractivity contribution in [1.82, 2.24) is 25.2 Å². The van der Waals surface area contributed by atoms with Crippen LogP contribution in [0.1, 0.15) is 17.6 Å². The maximum Gasteiger partial charge on any atom is 0.191 e. The van der Waals surface area contributed by atoms with E-state index < -0.39 is 0 Å². The molecular formula is C16H21IN6S. The Balaban J connectivity index is 0.00000208. The lowest BCUT2D eigenvalue weighted by Crippen LogP contribution is -2.38. The normalized spacial score (nSPS) is 11.3. The Labute approximate surface area is 162 Å². The molecule has 0 fully saturated rings. The molecule has 6 nitrogen and oxygen atoms in total. The van der Waals surface area contributed by atoms with Crippen LogP contribution in [-0.4, -0.2) is 33.6 Å². The maximum atomic E-state index is 4.60. The standard InChI is InChI=1S/C16H20N6S.HI/c1-2-17-16(19-12-13-6-5-11-23-13)18-9-8-15-21-20-14-7-3-4-10-22(14)15;/h3-7,10-11H,2,8-9,12H2,1H3,(H2,17,18,19);1H. The van der Waals surface area contributed by atoms with E-state index in [0.29, 0.717) is 6.54 Å². The van der Waals surface area contributed by atoms with E-state index in [4.69, 9.17) is 0 Å². The van der Waals surface area contributed by atoms with Gasteiger partial charge in [-0.25, -0.2) is 4.99 Å². The van der Waals surface area contributed by atoms with Crippen molar-refractivity contribution in [3.05, 3.63) is 52.6 Å². The van der Waals surface area contributed by atoms with E-state index in [0.717, 1.165) is 36.9 Å². The Bertz CT molecular complexity index is 768. The van der Waals surface area contributed by atoms with Gasteiger partial charge >= 0.3 is 0 Å². The summed E-state index contributed by atoms with van der Waals surface area (Å²) in [7, 11) is 0. The van der Waals surface area contributed by atoms with E-state index in [2.05, 4.69) is 44.2 Å². The van der Waals surface area contributed by atoms with Crippen LogP contribution >= 0.6 is 35.3 Å². The Hall–Kier alpha value is -1.68. The molecule has 0 aliphatic heterocycles. The van der Waals surface area contributed by atoms with Gasteiger partial charge in [-0.1, -0.05) is 12.1 Å². The highest BCUT2D eigenvalue weighted by atomic mass is 127. The predicted octanol–water partition coefficient (Wildman–Crippen LogP) is 2.71. The molecule has 128 valence electrons.